The minimum Gasteiger partial charge on any atom is -0.336 e. The Hall–Kier alpha value is -7.05. The molecule has 4 aromatic heterocycles. The number of rotatable bonds is 6. The van der Waals surface area contributed by atoms with Crippen LogP contribution in [0.3, 0.4) is 0 Å². The molecule has 0 saturated heterocycles. The first-order chi connectivity index (χ1) is 36.3. The molecule has 0 N–H and O–H groups in total. The minimum absolute atomic E-state index is 0.140. The van der Waals surface area contributed by atoms with E-state index in [1.165, 1.54) is 4.57 Å². The summed E-state index contributed by atoms with van der Waals surface area (Å²) in [5.74, 6) is -1.45. The van der Waals surface area contributed by atoms with Crippen LogP contribution in [0.15, 0.2) is 169 Å². The second-order valence-electron chi connectivity index (χ2n) is 11.9. The second kappa shape index (κ2) is 11.8. The minimum atomic E-state index is -0.778. The lowest BCUT2D eigenvalue weighted by atomic mass is 10.0. The smallest absolute Gasteiger partial charge is 0.239 e. The van der Waals surface area contributed by atoms with E-state index in [2.05, 4.69) is 0 Å². The van der Waals surface area contributed by atoms with Gasteiger partial charge in [-0.3, -0.25) is 9.13 Å². The van der Waals surface area contributed by atoms with Crippen LogP contribution in [0.2, 0.25) is 0 Å². The molecule has 0 atom stereocenters. The van der Waals surface area contributed by atoms with Crippen molar-refractivity contribution in [1.82, 2.24) is 28.7 Å². The molecule has 7 aromatic carbocycles. The zero-order chi connectivity index (χ0) is 55.8. The number of hydrogen-bond acceptors (Lipinski definition) is 3. The molecule has 0 spiro atoms. The zero-order valence-electron chi connectivity index (χ0n) is 50.9. The van der Waals surface area contributed by atoms with Crippen LogP contribution in [0.5, 0.6) is 0 Å². The van der Waals surface area contributed by atoms with E-state index in [0.717, 1.165) is 9.13 Å². The van der Waals surface area contributed by atoms with Crippen LogP contribution >= 0.6 is 0 Å². The van der Waals surface area contributed by atoms with Crippen LogP contribution in [-0.2, 0) is 13.0 Å². The van der Waals surface area contributed by atoms with E-state index in [9.17, 15) is 5.48 Å². The number of nitrogens with zero attached hydrogens (tertiary/aromatic N) is 6. The SMILES string of the molecule is [2H]c1c([2H])c([2H])c2c(c1[2H])c1c([2H])c([2H])c([2H])c([2H])c1n2Cc1ccccc1Cc1nc(-n2c3c([2H])c([2H])c([2H])c([2H])c3c3c([2H])c([2H])c([2H])c([2H])c32)nc(-n2c3c([2H])c([2H])c([2H])c([2H])c3c3c([2H])c([2H])c([2H])c([2H])c32)n1. The van der Waals surface area contributed by atoms with Gasteiger partial charge in [0, 0.05) is 56.3 Å². The predicted octanol–water partition coefficient (Wildman–Crippen LogP) is 10.8. The first-order valence-corrected chi connectivity index (χ1v) is 16.1. The molecule has 11 rings (SSSR count). The molecule has 0 unspecified atom stereocenters. The molecule has 6 heteroatoms. The molecule has 53 heavy (non-hydrogen) atoms. The highest BCUT2D eigenvalue weighted by Crippen LogP contribution is 2.34. The molecule has 0 aliphatic carbocycles. The van der Waals surface area contributed by atoms with Gasteiger partial charge in [-0.1, -0.05) is 133 Å². The van der Waals surface area contributed by atoms with Gasteiger partial charge >= 0.3 is 0 Å². The molecule has 6 nitrogen and oxygen atoms in total. The summed E-state index contributed by atoms with van der Waals surface area (Å²) < 4.78 is 215. The molecule has 0 amide bonds. The fraction of sp³-hybridized carbons (Fsp3) is 0.0426. The van der Waals surface area contributed by atoms with Crippen molar-refractivity contribution in [3.63, 3.8) is 0 Å². The maximum Gasteiger partial charge on any atom is 0.239 e. The van der Waals surface area contributed by atoms with Gasteiger partial charge in [-0.2, -0.15) is 15.0 Å². The summed E-state index contributed by atoms with van der Waals surface area (Å²) in [6.45, 7) is -0.316. The van der Waals surface area contributed by atoms with Crippen LogP contribution in [0.25, 0.3) is 77.3 Å². The Labute approximate surface area is 338 Å². The van der Waals surface area contributed by atoms with E-state index in [1.807, 2.05) is 0 Å². The van der Waals surface area contributed by atoms with Gasteiger partial charge in [-0.25, -0.2) is 0 Å². The Morgan fingerprint density at radius 3 is 1.15 bits per heavy atom. The lowest BCUT2D eigenvalue weighted by Gasteiger charge is -2.15. The normalized spacial score (nSPS) is 18.3. The van der Waals surface area contributed by atoms with Crippen LogP contribution < -0.4 is 0 Å². The summed E-state index contributed by atoms with van der Waals surface area (Å²) in [7, 11) is 0. The van der Waals surface area contributed by atoms with Crippen molar-refractivity contribution in [1.29, 1.82) is 0 Å². The van der Waals surface area contributed by atoms with Crippen LogP contribution in [0.1, 0.15) is 49.8 Å². The summed E-state index contributed by atoms with van der Waals surface area (Å²) in [6.07, 6.45) is -0.383. The quantitative estimate of drug-likeness (QED) is 0.173. The van der Waals surface area contributed by atoms with Gasteiger partial charge in [0.05, 0.1) is 55.0 Å². The van der Waals surface area contributed by atoms with Crippen molar-refractivity contribution in [2.75, 3.05) is 0 Å². The molecule has 11 aromatic rings. The third-order valence-electron chi connectivity index (χ3n) is 9.04. The first kappa shape index (κ1) is 14.5. The average Bonchev–Trinajstić information content (AvgIpc) is 4.31. The van der Waals surface area contributed by atoms with E-state index in [4.69, 9.17) is 42.4 Å². The number of benzene rings is 7. The van der Waals surface area contributed by atoms with E-state index in [-0.39, 0.29) is 62.1 Å². The summed E-state index contributed by atoms with van der Waals surface area (Å²) in [4.78, 5) is 14.3. The van der Waals surface area contributed by atoms with Crippen molar-refractivity contribution in [3.8, 4) is 11.9 Å². The van der Waals surface area contributed by atoms with Crippen molar-refractivity contribution >= 4 is 65.4 Å². The van der Waals surface area contributed by atoms with E-state index in [1.54, 1.807) is 24.3 Å². The lowest BCUT2D eigenvalue weighted by Crippen LogP contribution is -2.13. The van der Waals surface area contributed by atoms with Crippen LogP contribution in [0, 0.1) is 0 Å². The van der Waals surface area contributed by atoms with E-state index >= 15 is 0 Å². The maximum atomic E-state index is 9.20. The molecular weight excluding hydrogens is 649 g/mol. The van der Waals surface area contributed by atoms with Gasteiger partial charge in [-0.05, 0) is 47.4 Å². The predicted molar refractivity (Wildman–Crippen MR) is 216 cm³/mol. The largest absolute Gasteiger partial charge is 0.336 e. The monoisotopic (exact) mass is 704 g/mol. The number of para-hydroxylation sites is 6. The summed E-state index contributed by atoms with van der Waals surface area (Å²) in [5.41, 5.74) is -1.28. The standard InChI is InChI=1S/C47H32N6/c1-2-16-32(30-51-39-23-9-3-17-33(39)34-18-4-10-24-40(34)51)31(15-1)29-45-48-46(52-41-25-11-5-19-35(41)36-20-6-12-26-42(36)52)50-47(49-45)53-43-27-13-7-21-37(43)38-22-8-14-28-44(38)53/h1-28H,29-30H2/i3D,4D,5D,6D,7D,8D,9D,10D,11D,12D,13D,14D,17D,18D,19D,20D,21D,22D,23D,24D,25D,26D,27D,28D. The Morgan fingerprint density at radius 1 is 0.396 bits per heavy atom. The Kier molecular flexibility index (Phi) is 3.22. The Bertz CT molecular complexity index is 4170. The molecular formula is C47H32N6. The molecule has 0 radical (unpaired) electrons. The maximum absolute atomic E-state index is 9.20. The molecule has 0 fully saturated rings. The fourth-order valence-corrected chi connectivity index (χ4v) is 6.79. The van der Waals surface area contributed by atoms with Crippen LogP contribution in [0.4, 0.5) is 0 Å². The third-order valence-corrected chi connectivity index (χ3v) is 9.04. The first-order valence-electron chi connectivity index (χ1n) is 28.1. The van der Waals surface area contributed by atoms with Crippen molar-refractivity contribution < 1.29 is 32.9 Å². The van der Waals surface area contributed by atoms with Gasteiger partial charge in [-0.15, -0.1) is 0 Å². The Balaban J connectivity index is 1.27. The second-order valence-corrected chi connectivity index (χ2v) is 11.9. The highest BCUT2D eigenvalue weighted by Gasteiger charge is 2.20. The molecule has 0 aliphatic rings. The molecule has 0 bridgehead atoms. The highest BCUT2D eigenvalue weighted by atomic mass is 15.3. The molecule has 4 heterocycles. The highest BCUT2D eigenvalue weighted by molar-refractivity contribution is 6.10. The molecule has 250 valence electrons. The third kappa shape index (κ3) is 4.62. The summed E-state index contributed by atoms with van der Waals surface area (Å²) in [5, 5.41) is -1.73. The zero-order valence-corrected chi connectivity index (χ0v) is 26.9. The molecule has 0 aliphatic heterocycles. The van der Waals surface area contributed by atoms with E-state index in [0.29, 0.717) is 11.1 Å². The molecule has 0 saturated carbocycles. The number of fused-ring (bicyclic) bond motifs is 9. The van der Waals surface area contributed by atoms with Crippen molar-refractivity contribution in [2.45, 2.75) is 13.0 Å². The number of hydrogen-bond donors (Lipinski definition) is 0. The number of aromatic nitrogens is 6. The van der Waals surface area contributed by atoms with Gasteiger partial charge in [0.2, 0.25) is 11.9 Å². The van der Waals surface area contributed by atoms with Crippen molar-refractivity contribution in [2.24, 2.45) is 0 Å². The van der Waals surface area contributed by atoms with E-state index < -0.39 is 179 Å². The summed E-state index contributed by atoms with van der Waals surface area (Å²) in [6, 6.07) is -10.0. The van der Waals surface area contributed by atoms with Gasteiger partial charge in [0.25, 0.3) is 0 Å². The summed E-state index contributed by atoms with van der Waals surface area (Å²) >= 11 is 0. The fourth-order valence-electron chi connectivity index (χ4n) is 6.79. The van der Waals surface area contributed by atoms with Crippen molar-refractivity contribution in [3.05, 3.63) is 186 Å². The van der Waals surface area contributed by atoms with Gasteiger partial charge in [0.1, 0.15) is 5.82 Å². The lowest BCUT2D eigenvalue weighted by molar-refractivity contribution is 0.814. The van der Waals surface area contributed by atoms with Gasteiger partial charge in [0.15, 0.2) is 0 Å². The van der Waals surface area contributed by atoms with Gasteiger partial charge < -0.3 is 4.57 Å². The Morgan fingerprint density at radius 2 is 0.736 bits per heavy atom. The topological polar surface area (TPSA) is 53.5 Å². The average molecular weight is 705 g/mol. The van der Waals surface area contributed by atoms with Crippen LogP contribution in [-0.4, -0.2) is 28.7 Å².